The summed E-state index contributed by atoms with van der Waals surface area (Å²) in [5.41, 5.74) is 4.45. The van der Waals surface area contributed by atoms with Gasteiger partial charge in [-0.25, -0.2) is 0 Å². The molecule has 3 aromatic rings. The molecular formula is C21H22N2O3. The van der Waals surface area contributed by atoms with Crippen molar-refractivity contribution in [1.29, 1.82) is 0 Å². The second-order valence-electron chi connectivity index (χ2n) is 6.20. The molecule has 0 saturated carbocycles. The number of hydrogen-bond acceptors (Lipinski definition) is 4. The van der Waals surface area contributed by atoms with Crippen LogP contribution in [0.15, 0.2) is 53.1 Å². The van der Waals surface area contributed by atoms with Crippen molar-refractivity contribution >= 4 is 5.91 Å². The van der Waals surface area contributed by atoms with Crippen LogP contribution in [0.1, 0.15) is 38.5 Å². The Morgan fingerprint density at radius 1 is 1.08 bits per heavy atom. The van der Waals surface area contributed by atoms with E-state index in [1.807, 2.05) is 57.2 Å². The third-order valence-electron chi connectivity index (χ3n) is 4.39. The first kappa shape index (κ1) is 17.7. The van der Waals surface area contributed by atoms with Crippen LogP contribution in [0.2, 0.25) is 0 Å². The minimum Gasteiger partial charge on any atom is -0.488 e. The SMILES string of the molecule is Cc1ccccc1CNC(=O)c1ccccc1OCc1c(C)noc1C. The third-order valence-corrected chi connectivity index (χ3v) is 4.39. The molecule has 0 atom stereocenters. The lowest BCUT2D eigenvalue weighted by Gasteiger charge is -2.12. The molecule has 1 N–H and O–H groups in total. The van der Waals surface area contributed by atoms with Crippen molar-refractivity contribution in [3.8, 4) is 5.75 Å². The van der Waals surface area contributed by atoms with Crippen LogP contribution in [0.4, 0.5) is 0 Å². The van der Waals surface area contributed by atoms with Crippen molar-refractivity contribution in [2.45, 2.75) is 33.9 Å². The van der Waals surface area contributed by atoms with E-state index in [0.717, 1.165) is 28.1 Å². The highest BCUT2D eigenvalue weighted by Crippen LogP contribution is 2.21. The van der Waals surface area contributed by atoms with Crippen molar-refractivity contribution in [2.24, 2.45) is 0 Å². The van der Waals surface area contributed by atoms with E-state index in [-0.39, 0.29) is 5.91 Å². The van der Waals surface area contributed by atoms with Crippen LogP contribution >= 0.6 is 0 Å². The predicted molar refractivity (Wildman–Crippen MR) is 99.1 cm³/mol. The topological polar surface area (TPSA) is 64.4 Å². The van der Waals surface area contributed by atoms with E-state index >= 15 is 0 Å². The summed E-state index contributed by atoms with van der Waals surface area (Å²) in [6.07, 6.45) is 0. The van der Waals surface area contributed by atoms with E-state index in [2.05, 4.69) is 10.5 Å². The summed E-state index contributed by atoms with van der Waals surface area (Å²) in [7, 11) is 0. The molecule has 0 radical (unpaired) electrons. The molecule has 134 valence electrons. The highest BCUT2D eigenvalue weighted by Gasteiger charge is 2.15. The van der Waals surface area contributed by atoms with Gasteiger partial charge in [-0.05, 0) is 44.0 Å². The molecule has 0 aliphatic rings. The zero-order valence-corrected chi connectivity index (χ0v) is 15.2. The van der Waals surface area contributed by atoms with Gasteiger partial charge in [0.05, 0.1) is 16.8 Å². The monoisotopic (exact) mass is 350 g/mol. The van der Waals surface area contributed by atoms with Crippen LogP contribution in [-0.2, 0) is 13.2 Å². The van der Waals surface area contributed by atoms with Crippen LogP contribution in [0, 0.1) is 20.8 Å². The van der Waals surface area contributed by atoms with Gasteiger partial charge >= 0.3 is 0 Å². The first-order valence-corrected chi connectivity index (χ1v) is 8.52. The van der Waals surface area contributed by atoms with Crippen LogP contribution < -0.4 is 10.1 Å². The summed E-state index contributed by atoms with van der Waals surface area (Å²) >= 11 is 0. The minimum absolute atomic E-state index is 0.164. The van der Waals surface area contributed by atoms with Crippen molar-refractivity contribution in [3.63, 3.8) is 0 Å². The van der Waals surface area contributed by atoms with Gasteiger partial charge in [0.2, 0.25) is 0 Å². The lowest BCUT2D eigenvalue weighted by Crippen LogP contribution is -2.23. The number of hydrogen-bond donors (Lipinski definition) is 1. The lowest BCUT2D eigenvalue weighted by molar-refractivity contribution is 0.0946. The number of nitrogens with zero attached hydrogens (tertiary/aromatic N) is 1. The smallest absolute Gasteiger partial charge is 0.255 e. The van der Waals surface area contributed by atoms with Crippen molar-refractivity contribution < 1.29 is 14.1 Å². The highest BCUT2D eigenvalue weighted by molar-refractivity contribution is 5.96. The fourth-order valence-corrected chi connectivity index (χ4v) is 2.72. The second kappa shape index (κ2) is 7.87. The zero-order chi connectivity index (χ0) is 18.5. The molecule has 1 aromatic heterocycles. The summed E-state index contributed by atoms with van der Waals surface area (Å²) in [6.45, 7) is 6.53. The Bertz CT molecular complexity index is 896. The molecule has 26 heavy (non-hydrogen) atoms. The first-order valence-electron chi connectivity index (χ1n) is 8.52. The van der Waals surface area contributed by atoms with Crippen LogP contribution in [0.25, 0.3) is 0 Å². The van der Waals surface area contributed by atoms with Crippen LogP contribution in [0.3, 0.4) is 0 Å². The van der Waals surface area contributed by atoms with Gasteiger partial charge < -0.3 is 14.6 Å². The van der Waals surface area contributed by atoms with Gasteiger partial charge in [-0.3, -0.25) is 4.79 Å². The van der Waals surface area contributed by atoms with Crippen molar-refractivity contribution in [2.75, 3.05) is 0 Å². The highest BCUT2D eigenvalue weighted by atomic mass is 16.5. The second-order valence-corrected chi connectivity index (χ2v) is 6.20. The summed E-state index contributed by atoms with van der Waals surface area (Å²) in [4.78, 5) is 12.6. The molecule has 0 saturated heterocycles. The van der Waals surface area contributed by atoms with Gasteiger partial charge in [0, 0.05) is 6.54 Å². The van der Waals surface area contributed by atoms with Gasteiger partial charge in [-0.2, -0.15) is 0 Å². The summed E-state index contributed by atoms with van der Waals surface area (Å²) in [5.74, 6) is 1.10. The molecule has 2 aromatic carbocycles. The van der Waals surface area contributed by atoms with Crippen LogP contribution in [-0.4, -0.2) is 11.1 Å². The Labute approximate surface area is 153 Å². The van der Waals surface area contributed by atoms with Gasteiger partial charge in [0.15, 0.2) is 0 Å². The molecule has 0 unspecified atom stereocenters. The molecule has 3 rings (SSSR count). The van der Waals surface area contributed by atoms with E-state index < -0.39 is 0 Å². The van der Waals surface area contributed by atoms with Gasteiger partial charge in [-0.1, -0.05) is 41.6 Å². The van der Waals surface area contributed by atoms with E-state index in [1.165, 1.54) is 0 Å². The Morgan fingerprint density at radius 2 is 1.81 bits per heavy atom. The number of carbonyl (C=O) groups excluding carboxylic acids is 1. The first-order chi connectivity index (χ1) is 12.6. The van der Waals surface area contributed by atoms with Crippen LogP contribution in [0.5, 0.6) is 5.75 Å². The van der Waals surface area contributed by atoms with Gasteiger partial charge in [0.1, 0.15) is 18.1 Å². The normalized spacial score (nSPS) is 10.6. The number of para-hydroxylation sites is 1. The number of aryl methyl sites for hydroxylation is 3. The molecule has 5 nitrogen and oxygen atoms in total. The summed E-state index contributed by atoms with van der Waals surface area (Å²) in [5, 5.41) is 6.89. The number of aromatic nitrogens is 1. The molecular weight excluding hydrogens is 328 g/mol. The average molecular weight is 350 g/mol. The van der Waals surface area contributed by atoms with E-state index in [1.54, 1.807) is 12.1 Å². The van der Waals surface area contributed by atoms with Crippen molar-refractivity contribution in [3.05, 3.63) is 82.2 Å². The van der Waals surface area contributed by atoms with Gasteiger partial charge in [-0.15, -0.1) is 0 Å². The Kier molecular flexibility index (Phi) is 5.37. The fraction of sp³-hybridized carbons (Fsp3) is 0.238. The van der Waals surface area contributed by atoms with Crippen molar-refractivity contribution in [1.82, 2.24) is 10.5 Å². The minimum atomic E-state index is -0.164. The molecule has 0 aliphatic heterocycles. The average Bonchev–Trinajstić information content (AvgIpc) is 2.97. The number of amides is 1. The number of carbonyl (C=O) groups is 1. The third kappa shape index (κ3) is 3.94. The molecule has 1 amide bonds. The summed E-state index contributed by atoms with van der Waals surface area (Å²) in [6, 6.07) is 15.2. The molecule has 0 aliphatic carbocycles. The predicted octanol–water partition coefficient (Wildman–Crippen LogP) is 4.11. The summed E-state index contributed by atoms with van der Waals surface area (Å²) < 4.78 is 11.0. The lowest BCUT2D eigenvalue weighted by atomic mass is 10.1. The zero-order valence-electron chi connectivity index (χ0n) is 15.2. The Morgan fingerprint density at radius 3 is 2.54 bits per heavy atom. The maximum Gasteiger partial charge on any atom is 0.255 e. The number of ether oxygens (including phenoxy) is 1. The number of benzene rings is 2. The van der Waals surface area contributed by atoms with Gasteiger partial charge in [0.25, 0.3) is 5.91 Å². The molecule has 0 bridgehead atoms. The fourth-order valence-electron chi connectivity index (χ4n) is 2.72. The van der Waals surface area contributed by atoms with E-state index in [9.17, 15) is 4.79 Å². The quantitative estimate of drug-likeness (QED) is 0.727. The maximum atomic E-state index is 12.6. The van der Waals surface area contributed by atoms with E-state index in [0.29, 0.717) is 24.5 Å². The number of nitrogens with one attached hydrogen (secondary N) is 1. The number of rotatable bonds is 6. The Balaban J connectivity index is 1.70. The molecule has 1 heterocycles. The molecule has 0 fully saturated rings. The standard InChI is InChI=1S/C21H22N2O3/c1-14-8-4-5-9-17(14)12-22-21(24)18-10-6-7-11-20(18)25-13-19-15(2)23-26-16(19)3/h4-11H,12-13H2,1-3H3,(H,22,24). The molecule has 0 spiro atoms. The van der Waals surface area contributed by atoms with E-state index in [4.69, 9.17) is 9.26 Å². The Hall–Kier alpha value is -3.08. The largest absolute Gasteiger partial charge is 0.488 e. The maximum absolute atomic E-state index is 12.6. The molecule has 5 heteroatoms.